The Morgan fingerprint density at radius 2 is 1.97 bits per heavy atom. The Hall–Kier alpha value is -3.18. The molecule has 33 heavy (non-hydrogen) atoms. The van der Waals surface area contributed by atoms with Crippen molar-refractivity contribution < 1.29 is 14.3 Å². The molecule has 3 rings (SSSR count). The Morgan fingerprint density at radius 3 is 2.64 bits per heavy atom. The number of nitrogens with zero attached hydrogens (tertiary/aromatic N) is 4. The van der Waals surface area contributed by atoms with Crippen molar-refractivity contribution in [2.24, 2.45) is 17.8 Å². The van der Waals surface area contributed by atoms with Crippen molar-refractivity contribution in [3.8, 4) is 6.07 Å². The maximum atomic E-state index is 12.9. The highest BCUT2D eigenvalue weighted by atomic mass is 16.5. The summed E-state index contributed by atoms with van der Waals surface area (Å²) in [4.78, 5) is 31.5. The van der Waals surface area contributed by atoms with Crippen LogP contribution in [0.15, 0.2) is 36.8 Å². The first-order valence-electron chi connectivity index (χ1n) is 11.5. The highest BCUT2D eigenvalue weighted by Crippen LogP contribution is 2.24. The molecule has 2 atom stereocenters. The lowest BCUT2D eigenvalue weighted by molar-refractivity contribution is -0.149. The second kappa shape index (κ2) is 11.6. The van der Waals surface area contributed by atoms with Crippen LogP contribution >= 0.6 is 0 Å². The summed E-state index contributed by atoms with van der Waals surface area (Å²) in [5.74, 6) is -0.303. The third-order valence-electron chi connectivity index (χ3n) is 5.97. The molecule has 0 saturated carbocycles. The van der Waals surface area contributed by atoms with E-state index in [0.29, 0.717) is 50.5 Å². The van der Waals surface area contributed by atoms with Crippen molar-refractivity contribution in [1.82, 2.24) is 19.8 Å². The van der Waals surface area contributed by atoms with Crippen molar-refractivity contribution in [2.45, 2.75) is 33.2 Å². The standard InChI is InChI=1S/C25H33N5O3/c1-18(2)13-29-15-21(10-22(16-29)25(32)33-3)24(31)28-9-8-23-12-27-17-30(23)14-20-6-4-19(11-26)5-7-20/h4-7,12,17-18,21-22H,8-10,13-16H2,1-3H3,(H,28,31). The predicted octanol–water partition coefficient (Wildman–Crippen LogP) is 2.23. The van der Waals surface area contributed by atoms with Gasteiger partial charge < -0.3 is 19.5 Å². The molecule has 1 saturated heterocycles. The SMILES string of the molecule is COC(=O)C1CC(C(=O)NCCc2cncn2Cc2ccc(C#N)cc2)CN(CC(C)C)C1. The van der Waals surface area contributed by atoms with Crippen LogP contribution in [0.5, 0.6) is 0 Å². The number of amides is 1. The molecule has 0 spiro atoms. The first kappa shape index (κ1) is 24.5. The van der Waals surface area contributed by atoms with E-state index in [1.54, 1.807) is 18.5 Å². The quantitative estimate of drug-likeness (QED) is 0.587. The van der Waals surface area contributed by atoms with Gasteiger partial charge in [0, 0.05) is 51.0 Å². The van der Waals surface area contributed by atoms with Crippen LogP contribution in [-0.2, 0) is 27.3 Å². The Kier molecular flexibility index (Phi) is 8.61. The molecule has 1 aliphatic heterocycles. The lowest BCUT2D eigenvalue weighted by atomic mass is 9.88. The number of methoxy groups -OCH3 is 1. The number of likely N-dealkylation sites (tertiary alicyclic amines) is 1. The summed E-state index contributed by atoms with van der Waals surface area (Å²) in [6.07, 6.45) is 4.77. The average Bonchev–Trinajstić information content (AvgIpc) is 3.25. The van der Waals surface area contributed by atoms with Crippen LogP contribution in [0.3, 0.4) is 0 Å². The molecule has 1 fully saturated rings. The minimum atomic E-state index is -0.271. The lowest BCUT2D eigenvalue weighted by Crippen LogP contribution is -2.49. The molecule has 8 heteroatoms. The van der Waals surface area contributed by atoms with E-state index in [1.807, 2.05) is 22.9 Å². The highest BCUT2D eigenvalue weighted by molar-refractivity contribution is 5.80. The van der Waals surface area contributed by atoms with Crippen LogP contribution in [0.1, 0.15) is 37.1 Å². The van der Waals surface area contributed by atoms with Gasteiger partial charge in [-0.05, 0) is 30.0 Å². The summed E-state index contributed by atoms with van der Waals surface area (Å²) < 4.78 is 7.00. The summed E-state index contributed by atoms with van der Waals surface area (Å²) in [6.45, 7) is 7.59. The van der Waals surface area contributed by atoms with Gasteiger partial charge in [0.15, 0.2) is 0 Å². The molecule has 1 aromatic heterocycles. The van der Waals surface area contributed by atoms with E-state index in [1.165, 1.54) is 7.11 Å². The monoisotopic (exact) mass is 451 g/mol. The van der Waals surface area contributed by atoms with Gasteiger partial charge >= 0.3 is 5.97 Å². The van der Waals surface area contributed by atoms with Crippen LogP contribution in [0, 0.1) is 29.1 Å². The molecule has 1 aliphatic rings. The first-order valence-corrected chi connectivity index (χ1v) is 11.5. The summed E-state index contributed by atoms with van der Waals surface area (Å²) in [5, 5.41) is 12.0. The van der Waals surface area contributed by atoms with Gasteiger partial charge in [-0.25, -0.2) is 4.98 Å². The zero-order valence-corrected chi connectivity index (χ0v) is 19.7. The number of piperidine rings is 1. The normalized spacial score (nSPS) is 18.6. The first-order chi connectivity index (χ1) is 15.9. The van der Waals surface area contributed by atoms with Crippen molar-refractivity contribution in [1.29, 1.82) is 5.26 Å². The molecule has 8 nitrogen and oxygen atoms in total. The number of hydrogen-bond donors (Lipinski definition) is 1. The third kappa shape index (κ3) is 6.90. The van der Waals surface area contributed by atoms with E-state index in [-0.39, 0.29) is 23.7 Å². The number of esters is 1. The third-order valence-corrected chi connectivity index (χ3v) is 5.97. The molecule has 0 aliphatic carbocycles. The second-order valence-corrected chi connectivity index (χ2v) is 9.13. The predicted molar refractivity (Wildman–Crippen MR) is 124 cm³/mol. The maximum absolute atomic E-state index is 12.9. The number of nitrogens with one attached hydrogen (secondary N) is 1. The van der Waals surface area contributed by atoms with Crippen molar-refractivity contribution in [3.05, 3.63) is 53.6 Å². The number of nitriles is 1. The van der Waals surface area contributed by atoms with E-state index in [0.717, 1.165) is 17.8 Å². The summed E-state index contributed by atoms with van der Waals surface area (Å²) >= 11 is 0. The van der Waals surface area contributed by atoms with Gasteiger partial charge in [-0.2, -0.15) is 5.26 Å². The molecule has 0 bridgehead atoms. The number of ether oxygens (including phenoxy) is 1. The van der Waals surface area contributed by atoms with E-state index in [2.05, 4.69) is 35.1 Å². The smallest absolute Gasteiger partial charge is 0.309 e. The van der Waals surface area contributed by atoms with Gasteiger partial charge in [0.05, 0.1) is 36.9 Å². The second-order valence-electron chi connectivity index (χ2n) is 9.13. The zero-order valence-electron chi connectivity index (χ0n) is 19.7. The van der Waals surface area contributed by atoms with Gasteiger partial charge in [-0.1, -0.05) is 26.0 Å². The van der Waals surface area contributed by atoms with E-state index < -0.39 is 0 Å². The maximum Gasteiger partial charge on any atom is 0.309 e. The van der Waals surface area contributed by atoms with Gasteiger partial charge in [-0.3, -0.25) is 9.59 Å². The van der Waals surface area contributed by atoms with Crippen LogP contribution in [-0.4, -0.2) is 59.6 Å². The number of hydrogen-bond acceptors (Lipinski definition) is 6. The van der Waals surface area contributed by atoms with Crippen LogP contribution in [0.2, 0.25) is 0 Å². The van der Waals surface area contributed by atoms with E-state index >= 15 is 0 Å². The summed E-state index contributed by atoms with van der Waals surface area (Å²) in [6, 6.07) is 9.61. The molecular formula is C25H33N5O3. The minimum Gasteiger partial charge on any atom is -0.469 e. The topological polar surface area (TPSA) is 100 Å². The van der Waals surface area contributed by atoms with Crippen molar-refractivity contribution >= 4 is 11.9 Å². The minimum absolute atomic E-state index is 0.0180. The fourth-order valence-electron chi connectivity index (χ4n) is 4.42. The number of carbonyl (C=O) groups is 2. The zero-order chi connectivity index (χ0) is 23.8. The van der Waals surface area contributed by atoms with Crippen molar-refractivity contribution in [2.75, 3.05) is 33.3 Å². The Labute approximate surface area is 195 Å². The van der Waals surface area contributed by atoms with Crippen LogP contribution < -0.4 is 5.32 Å². The van der Waals surface area contributed by atoms with Crippen molar-refractivity contribution in [3.63, 3.8) is 0 Å². The highest BCUT2D eigenvalue weighted by Gasteiger charge is 2.35. The van der Waals surface area contributed by atoms with E-state index in [9.17, 15) is 9.59 Å². The fourth-order valence-corrected chi connectivity index (χ4v) is 4.42. The Morgan fingerprint density at radius 1 is 1.24 bits per heavy atom. The molecule has 2 heterocycles. The van der Waals surface area contributed by atoms with E-state index in [4.69, 9.17) is 10.00 Å². The van der Waals surface area contributed by atoms with Crippen LogP contribution in [0.25, 0.3) is 0 Å². The molecule has 1 amide bonds. The lowest BCUT2D eigenvalue weighted by Gasteiger charge is -2.36. The van der Waals surface area contributed by atoms with Gasteiger partial charge in [0.25, 0.3) is 0 Å². The molecule has 2 aromatic rings. The van der Waals surface area contributed by atoms with Gasteiger partial charge in [0.2, 0.25) is 5.91 Å². The molecule has 176 valence electrons. The molecule has 1 aromatic carbocycles. The number of imidazole rings is 1. The molecule has 1 N–H and O–H groups in total. The molecular weight excluding hydrogens is 418 g/mol. The molecule has 0 radical (unpaired) electrons. The Bertz CT molecular complexity index is 977. The number of carbonyl (C=O) groups excluding carboxylic acids is 2. The summed E-state index contributed by atoms with van der Waals surface area (Å²) in [7, 11) is 1.40. The average molecular weight is 452 g/mol. The fraction of sp³-hybridized carbons (Fsp3) is 0.520. The summed E-state index contributed by atoms with van der Waals surface area (Å²) in [5.41, 5.74) is 2.74. The number of aromatic nitrogens is 2. The number of rotatable bonds is 9. The van der Waals surface area contributed by atoms with Crippen LogP contribution in [0.4, 0.5) is 0 Å². The van der Waals surface area contributed by atoms with Gasteiger partial charge in [-0.15, -0.1) is 0 Å². The number of benzene rings is 1. The largest absolute Gasteiger partial charge is 0.469 e. The Balaban J connectivity index is 1.54. The van der Waals surface area contributed by atoms with Gasteiger partial charge in [0.1, 0.15) is 0 Å². The molecule has 2 unspecified atom stereocenters.